The van der Waals surface area contributed by atoms with Crippen molar-refractivity contribution in [1.82, 2.24) is 9.78 Å². The van der Waals surface area contributed by atoms with E-state index in [2.05, 4.69) is 11.2 Å². The van der Waals surface area contributed by atoms with Crippen LogP contribution in [-0.4, -0.2) is 16.1 Å². The SMILES string of the molecule is Cc1nn(C)c2sc(-c3cccc(C=O)c3)cc12. The van der Waals surface area contributed by atoms with E-state index in [1.807, 2.05) is 42.9 Å². The Morgan fingerprint density at radius 3 is 2.89 bits per heavy atom. The van der Waals surface area contributed by atoms with Gasteiger partial charge in [-0.15, -0.1) is 11.3 Å². The number of carbonyl (C=O) groups excluding carboxylic acids is 1. The number of aromatic nitrogens is 2. The van der Waals surface area contributed by atoms with Crippen LogP contribution in [0, 0.1) is 6.92 Å². The monoisotopic (exact) mass is 256 g/mol. The standard InChI is InChI=1S/C14H12N2OS/c1-9-12-7-13(18-14(12)16(2)15-9)11-5-3-4-10(6-11)8-17/h3-8H,1-2H3. The highest BCUT2D eigenvalue weighted by molar-refractivity contribution is 7.21. The Morgan fingerprint density at radius 2 is 2.17 bits per heavy atom. The molecule has 0 unspecified atom stereocenters. The van der Waals surface area contributed by atoms with E-state index in [1.165, 1.54) is 15.1 Å². The van der Waals surface area contributed by atoms with Crippen molar-refractivity contribution in [3.63, 3.8) is 0 Å². The largest absolute Gasteiger partial charge is 0.298 e. The topological polar surface area (TPSA) is 34.9 Å². The first kappa shape index (κ1) is 11.2. The Labute approximate surface area is 109 Å². The normalized spacial score (nSPS) is 11.0. The van der Waals surface area contributed by atoms with Crippen molar-refractivity contribution >= 4 is 27.8 Å². The van der Waals surface area contributed by atoms with Crippen LogP contribution in [0.3, 0.4) is 0 Å². The lowest BCUT2D eigenvalue weighted by Gasteiger charge is -1.98. The number of hydrogen-bond donors (Lipinski definition) is 0. The van der Waals surface area contributed by atoms with Gasteiger partial charge in [0.05, 0.1) is 5.69 Å². The molecule has 90 valence electrons. The Balaban J connectivity index is 2.19. The summed E-state index contributed by atoms with van der Waals surface area (Å²) in [4.78, 5) is 13.1. The average Bonchev–Trinajstić information content (AvgIpc) is 2.93. The molecule has 0 aliphatic heterocycles. The molecule has 3 aromatic rings. The van der Waals surface area contributed by atoms with Gasteiger partial charge < -0.3 is 0 Å². The number of carbonyl (C=O) groups is 1. The second-order valence-electron chi connectivity index (χ2n) is 4.28. The Morgan fingerprint density at radius 1 is 1.33 bits per heavy atom. The van der Waals surface area contributed by atoms with Gasteiger partial charge in [0.2, 0.25) is 0 Å². The van der Waals surface area contributed by atoms with Crippen molar-refractivity contribution < 1.29 is 4.79 Å². The number of benzene rings is 1. The van der Waals surface area contributed by atoms with Gasteiger partial charge >= 0.3 is 0 Å². The smallest absolute Gasteiger partial charge is 0.150 e. The number of hydrogen-bond acceptors (Lipinski definition) is 3. The maximum absolute atomic E-state index is 10.8. The molecule has 0 saturated carbocycles. The van der Waals surface area contributed by atoms with Gasteiger partial charge in [-0.05, 0) is 24.6 Å². The van der Waals surface area contributed by atoms with Crippen molar-refractivity contribution in [1.29, 1.82) is 0 Å². The highest BCUT2D eigenvalue weighted by Crippen LogP contribution is 2.34. The second-order valence-corrected chi connectivity index (χ2v) is 5.31. The van der Waals surface area contributed by atoms with Crippen LogP contribution in [0.4, 0.5) is 0 Å². The lowest BCUT2D eigenvalue weighted by atomic mass is 10.1. The molecule has 4 heteroatoms. The molecule has 3 rings (SSSR count). The quantitative estimate of drug-likeness (QED) is 0.658. The maximum Gasteiger partial charge on any atom is 0.150 e. The zero-order valence-corrected chi connectivity index (χ0v) is 11.0. The van der Waals surface area contributed by atoms with Crippen molar-refractivity contribution in [3.05, 3.63) is 41.6 Å². The average molecular weight is 256 g/mol. The minimum atomic E-state index is 0.708. The first-order valence-corrected chi connectivity index (χ1v) is 6.49. The highest BCUT2D eigenvalue weighted by Gasteiger charge is 2.11. The van der Waals surface area contributed by atoms with E-state index in [1.54, 1.807) is 11.3 Å². The van der Waals surface area contributed by atoms with Gasteiger partial charge in [0.25, 0.3) is 0 Å². The van der Waals surface area contributed by atoms with Gasteiger partial charge in [0.15, 0.2) is 0 Å². The summed E-state index contributed by atoms with van der Waals surface area (Å²) >= 11 is 1.70. The van der Waals surface area contributed by atoms with Crippen LogP contribution in [0.5, 0.6) is 0 Å². The van der Waals surface area contributed by atoms with Gasteiger partial charge in [-0.25, -0.2) is 0 Å². The third-order valence-electron chi connectivity index (χ3n) is 3.00. The predicted molar refractivity (Wildman–Crippen MR) is 74.2 cm³/mol. The van der Waals surface area contributed by atoms with Crippen LogP contribution in [0.15, 0.2) is 30.3 Å². The van der Waals surface area contributed by atoms with Crippen molar-refractivity contribution in [2.24, 2.45) is 7.05 Å². The maximum atomic E-state index is 10.8. The molecule has 1 aromatic carbocycles. The van der Waals surface area contributed by atoms with E-state index in [9.17, 15) is 4.79 Å². The van der Waals surface area contributed by atoms with Crippen molar-refractivity contribution in [2.45, 2.75) is 6.92 Å². The summed E-state index contributed by atoms with van der Waals surface area (Å²) in [6.45, 7) is 2.01. The van der Waals surface area contributed by atoms with Gasteiger partial charge in [-0.2, -0.15) is 5.10 Å². The van der Waals surface area contributed by atoms with Crippen molar-refractivity contribution in [2.75, 3.05) is 0 Å². The van der Waals surface area contributed by atoms with Crippen LogP contribution >= 0.6 is 11.3 Å². The predicted octanol–water partition coefficient (Wildman–Crippen LogP) is 3.42. The van der Waals surface area contributed by atoms with Gasteiger partial charge in [0.1, 0.15) is 11.1 Å². The third kappa shape index (κ3) is 1.66. The molecule has 0 aliphatic carbocycles. The summed E-state index contributed by atoms with van der Waals surface area (Å²) in [6.07, 6.45) is 0.879. The number of aldehydes is 1. The Kier molecular flexibility index (Phi) is 2.52. The van der Waals surface area contributed by atoms with Crippen LogP contribution in [0.25, 0.3) is 20.7 Å². The second kappa shape index (κ2) is 4.07. The molecule has 0 atom stereocenters. The first-order valence-electron chi connectivity index (χ1n) is 5.68. The molecule has 0 saturated heterocycles. The van der Waals surface area contributed by atoms with E-state index in [-0.39, 0.29) is 0 Å². The third-order valence-corrected chi connectivity index (χ3v) is 4.25. The van der Waals surface area contributed by atoms with E-state index < -0.39 is 0 Å². The molecule has 0 amide bonds. The number of thiophene rings is 1. The fraction of sp³-hybridized carbons (Fsp3) is 0.143. The van der Waals surface area contributed by atoms with Crippen LogP contribution < -0.4 is 0 Å². The van der Waals surface area contributed by atoms with Crippen LogP contribution in [-0.2, 0) is 7.05 Å². The molecule has 0 spiro atoms. The fourth-order valence-electron chi connectivity index (χ4n) is 2.11. The van der Waals surface area contributed by atoms with Crippen LogP contribution in [0.2, 0.25) is 0 Å². The summed E-state index contributed by atoms with van der Waals surface area (Å²) in [7, 11) is 1.96. The number of aryl methyl sites for hydroxylation is 2. The number of fused-ring (bicyclic) bond motifs is 1. The fourth-order valence-corrected chi connectivity index (χ4v) is 3.23. The van der Waals surface area contributed by atoms with Gasteiger partial charge in [-0.3, -0.25) is 9.48 Å². The zero-order valence-electron chi connectivity index (χ0n) is 10.2. The van der Waals surface area contributed by atoms with E-state index in [0.717, 1.165) is 17.5 Å². The van der Waals surface area contributed by atoms with Gasteiger partial charge in [0, 0.05) is 22.9 Å². The summed E-state index contributed by atoms with van der Waals surface area (Å²) in [5, 5.41) is 5.58. The Hall–Kier alpha value is -1.94. The lowest BCUT2D eigenvalue weighted by molar-refractivity contribution is 0.112. The minimum Gasteiger partial charge on any atom is -0.298 e. The molecule has 2 aromatic heterocycles. The zero-order chi connectivity index (χ0) is 12.7. The highest BCUT2D eigenvalue weighted by atomic mass is 32.1. The summed E-state index contributed by atoms with van der Waals surface area (Å²) in [6, 6.07) is 9.82. The van der Waals surface area contributed by atoms with Gasteiger partial charge in [-0.1, -0.05) is 18.2 Å². The van der Waals surface area contributed by atoms with E-state index in [0.29, 0.717) is 5.56 Å². The molecule has 0 fully saturated rings. The first-order chi connectivity index (χ1) is 8.69. The van der Waals surface area contributed by atoms with Crippen molar-refractivity contribution in [3.8, 4) is 10.4 Å². The lowest BCUT2D eigenvalue weighted by Crippen LogP contribution is -1.87. The Bertz CT molecular complexity index is 705. The molecule has 0 radical (unpaired) electrons. The molecule has 0 bridgehead atoms. The number of rotatable bonds is 2. The molecule has 0 N–H and O–H groups in total. The van der Waals surface area contributed by atoms with E-state index in [4.69, 9.17) is 0 Å². The minimum absolute atomic E-state index is 0.708. The molecule has 3 nitrogen and oxygen atoms in total. The van der Waals surface area contributed by atoms with Crippen LogP contribution in [0.1, 0.15) is 16.1 Å². The molecular formula is C14H12N2OS. The summed E-state index contributed by atoms with van der Waals surface area (Å²) in [5.74, 6) is 0. The summed E-state index contributed by atoms with van der Waals surface area (Å²) in [5.41, 5.74) is 2.83. The molecule has 0 aliphatic rings. The number of nitrogens with zero attached hydrogens (tertiary/aromatic N) is 2. The molecular weight excluding hydrogens is 244 g/mol. The summed E-state index contributed by atoms with van der Waals surface area (Å²) < 4.78 is 1.91. The van der Waals surface area contributed by atoms with E-state index >= 15 is 0 Å². The molecule has 18 heavy (non-hydrogen) atoms. The molecule has 2 heterocycles.